The number of H-pyrrole nitrogens is 1. The van der Waals surface area contributed by atoms with E-state index >= 15 is 0 Å². The molecule has 4 heteroatoms. The van der Waals surface area contributed by atoms with Gasteiger partial charge in [0, 0.05) is 28.2 Å². The third-order valence-corrected chi connectivity index (χ3v) is 4.35. The van der Waals surface area contributed by atoms with Crippen molar-refractivity contribution in [3.8, 4) is 5.75 Å². The molecular formula is C17H15ClN2O. The van der Waals surface area contributed by atoms with Gasteiger partial charge in [0.1, 0.15) is 5.75 Å². The lowest BCUT2D eigenvalue weighted by molar-refractivity contribution is 0.472. The van der Waals surface area contributed by atoms with Gasteiger partial charge in [-0.2, -0.15) is 0 Å². The third-order valence-electron chi connectivity index (χ3n) is 4.12. The molecule has 1 aliphatic heterocycles. The van der Waals surface area contributed by atoms with Gasteiger partial charge in [-0.3, -0.25) is 0 Å². The summed E-state index contributed by atoms with van der Waals surface area (Å²) >= 11 is 6.13. The fourth-order valence-electron chi connectivity index (χ4n) is 3.19. The Hall–Kier alpha value is -1.97. The summed E-state index contributed by atoms with van der Waals surface area (Å²) < 4.78 is 0. The van der Waals surface area contributed by atoms with Crippen LogP contribution in [0.3, 0.4) is 0 Å². The van der Waals surface area contributed by atoms with Crippen LogP contribution in [0.4, 0.5) is 0 Å². The van der Waals surface area contributed by atoms with E-state index in [0.717, 1.165) is 29.1 Å². The summed E-state index contributed by atoms with van der Waals surface area (Å²) in [4.78, 5) is 3.51. The Morgan fingerprint density at radius 2 is 2.05 bits per heavy atom. The molecule has 21 heavy (non-hydrogen) atoms. The van der Waals surface area contributed by atoms with Crippen molar-refractivity contribution in [3.05, 3.63) is 64.3 Å². The summed E-state index contributed by atoms with van der Waals surface area (Å²) in [6.07, 6.45) is 0.977. The number of phenols is 1. The minimum atomic E-state index is 0.0759. The van der Waals surface area contributed by atoms with E-state index in [1.165, 1.54) is 16.6 Å². The third kappa shape index (κ3) is 2.09. The van der Waals surface area contributed by atoms with Gasteiger partial charge in [0.05, 0.1) is 6.04 Å². The first-order valence-electron chi connectivity index (χ1n) is 7.05. The SMILES string of the molecule is Oc1cccc(C2NCCc3c2[nH]c2ccc(Cl)cc32)c1. The highest BCUT2D eigenvalue weighted by Crippen LogP contribution is 2.35. The monoisotopic (exact) mass is 298 g/mol. The number of aromatic amines is 1. The normalized spacial score (nSPS) is 17.9. The molecule has 1 atom stereocenters. The number of aromatic hydroxyl groups is 1. The average molecular weight is 299 g/mol. The van der Waals surface area contributed by atoms with Gasteiger partial charge >= 0.3 is 0 Å². The molecule has 0 fully saturated rings. The molecule has 1 aromatic heterocycles. The molecule has 0 spiro atoms. The molecule has 0 bridgehead atoms. The molecule has 3 aromatic rings. The Morgan fingerprint density at radius 3 is 2.90 bits per heavy atom. The average Bonchev–Trinajstić information content (AvgIpc) is 2.85. The highest BCUT2D eigenvalue weighted by Gasteiger charge is 2.25. The number of fused-ring (bicyclic) bond motifs is 3. The number of nitrogens with one attached hydrogen (secondary N) is 2. The van der Waals surface area contributed by atoms with Crippen molar-refractivity contribution in [2.75, 3.05) is 6.54 Å². The van der Waals surface area contributed by atoms with Crippen LogP contribution in [-0.2, 0) is 6.42 Å². The summed E-state index contributed by atoms with van der Waals surface area (Å²) in [5.41, 5.74) is 4.66. The van der Waals surface area contributed by atoms with Crippen LogP contribution in [0.5, 0.6) is 5.75 Å². The van der Waals surface area contributed by atoms with Crippen LogP contribution in [0.25, 0.3) is 10.9 Å². The molecular weight excluding hydrogens is 284 g/mol. The van der Waals surface area contributed by atoms with Gasteiger partial charge in [0.25, 0.3) is 0 Å². The Bertz CT molecular complexity index is 825. The minimum absolute atomic E-state index is 0.0759. The first-order valence-corrected chi connectivity index (χ1v) is 7.42. The van der Waals surface area contributed by atoms with Crippen molar-refractivity contribution in [2.45, 2.75) is 12.5 Å². The Balaban J connectivity index is 1.90. The lowest BCUT2D eigenvalue weighted by Gasteiger charge is -2.25. The lowest BCUT2D eigenvalue weighted by atomic mass is 9.94. The van der Waals surface area contributed by atoms with Gasteiger partial charge in [0.15, 0.2) is 0 Å². The van der Waals surface area contributed by atoms with Crippen molar-refractivity contribution < 1.29 is 5.11 Å². The van der Waals surface area contributed by atoms with Gasteiger partial charge in [0.2, 0.25) is 0 Å². The van der Waals surface area contributed by atoms with Gasteiger partial charge in [-0.1, -0.05) is 23.7 Å². The summed E-state index contributed by atoms with van der Waals surface area (Å²) in [6, 6.07) is 13.4. The molecule has 1 aliphatic rings. The molecule has 0 saturated carbocycles. The maximum Gasteiger partial charge on any atom is 0.115 e. The number of hydrogen-bond donors (Lipinski definition) is 3. The Morgan fingerprint density at radius 1 is 1.14 bits per heavy atom. The van der Waals surface area contributed by atoms with Gasteiger partial charge < -0.3 is 15.4 Å². The molecule has 1 unspecified atom stereocenters. The Labute approximate surface area is 127 Å². The van der Waals surface area contributed by atoms with E-state index < -0.39 is 0 Å². The largest absolute Gasteiger partial charge is 0.508 e. The van der Waals surface area contributed by atoms with Crippen LogP contribution in [0.2, 0.25) is 5.02 Å². The number of halogens is 1. The van der Waals surface area contributed by atoms with Crippen LogP contribution >= 0.6 is 11.6 Å². The summed E-state index contributed by atoms with van der Waals surface area (Å²) in [6.45, 7) is 0.910. The zero-order chi connectivity index (χ0) is 14.4. The first kappa shape index (κ1) is 12.7. The summed E-state index contributed by atoms with van der Waals surface area (Å²) in [5.74, 6) is 0.292. The molecule has 3 N–H and O–H groups in total. The Kier molecular flexibility index (Phi) is 2.91. The zero-order valence-corrected chi connectivity index (χ0v) is 12.1. The predicted molar refractivity (Wildman–Crippen MR) is 85.0 cm³/mol. The predicted octanol–water partition coefficient (Wildman–Crippen LogP) is 3.76. The van der Waals surface area contributed by atoms with Crippen LogP contribution in [0, 0.1) is 0 Å². The molecule has 2 heterocycles. The maximum absolute atomic E-state index is 9.71. The smallest absolute Gasteiger partial charge is 0.115 e. The first-order chi connectivity index (χ1) is 10.2. The second-order valence-corrected chi connectivity index (χ2v) is 5.88. The van der Waals surface area contributed by atoms with Crippen LogP contribution in [0.15, 0.2) is 42.5 Å². The molecule has 0 saturated heterocycles. The zero-order valence-electron chi connectivity index (χ0n) is 11.4. The second-order valence-electron chi connectivity index (χ2n) is 5.44. The fraction of sp³-hybridized carbons (Fsp3) is 0.176. The van der Waals surface area contributed by atoms with E-state index in [-0.39, 0.29) is 6.04 Å². The molecule has 0 aliphatic carbocycles. The van der Waals surface area contributed by atoms with Crippen molar-refractivity contribution >= 4 is 22.5 Å². The minimum Gasteiger partial charge on any atom is -0.508 e. The number of aromatic nitrogens is 1. The summed E-state index contributed by atoms with van der Waals surface area (Å²) in [7, 11) is 0. The van der Waals surface area contributed by atoms with Crippen molar-refractivity contribution in [1.29, 1.82) is 0 Å². The van der Waals surface area contributed by atoms with Crippen molar-refractivity contribution in [1.82, 2.24) is 10.3 Å². The summed E-state index contributed by atoms with van der Waals surface area (Å²) in [5, 5.41) is 15.2. The van der Waals surface area contributed by atoms with Crippen molar-refractivity contribution in [3.63, 3.8) is 0 Å². The van der Waals surface area contributed by atoms with E-state index in [1.54, 1.807) is 6.07 Å². The standard InChI is InChI=1S/C17H15ClN2O/c18-11-4-5-15-14(9-11)13-6-7-19-16(17(13)20-15)10-2-1-3-12(21)8-10/h1-5,8-9,16,19-21H,6-7H2. The van der Waals surface area contributed by atoms with E-state index in [0.29, 0.717) is 5.75 Å². The molecule has 106 valence electrons. The van der Waals surface area contributed by atoms with E-state index in [2.05, 4.69) is 10.3 Å². The van der Waals surface area contributed by atoms with E-state index in [1.807, 2.05) is 36.4 Å². The molecule has 3 nitrogen and oxygen atoms in total. The number of phenolic OH excluding ortho intramolecular Hbond substituents is 1. The van der Waals surface area contributed by atoms with Crippen LogP contribution in [0.1, 0.15) is 22.9 Å². The van der Waals surface area contributed by atoms with Gasteiger partial charge in [-0.15, -0.1) is 0 Å². The topological polar surface area (TPSA) is 48.0 Å². The van der Waals surface area contributed by atoms with Gasteiger partial charge in [-0.25, -0.2) is 0 Å². The number of benzene rings is 2. The fourth-order valence-corrected chi connectivity index (χ4v) is 3.36. The van der Waals surface area contributed by atoms with Crippen molar-refractivity contribution in [2.24, 2.45) is 0 Å². The second kappa shape index (κ2) is 4.79. The van der Waals surface area contributed by atoms with Crippen LogP contribution < -0.4 is 5.32 Å². The molecule has 0 radical (unpaired) electrons. The maximum atomic E-state index is 9.71. The van der Waals surface area contributed by atoms with Crippen LogP contribution in [-0.4, -0.2) is 16.6 Å². The van der Waals surface area contributed by atoms with Gasteiger partial charge in [-0.05, 0) is 47.9 Å². The number of hydrogen-bond acceptors (Lipinski definition) is 2. The molecule has 4 rings (SSSR count). The van der Waals surface area contributed by atoms with E-state index in [9.17, 15) is 5.11 Å². The quantitative estimate of drug-likeness (QED) is 0.640. The molecule has 0 amide bonds. The number of rotatable bonds is 1. The highest BCUT2D eigenvalue weighted by molar-refractivity contribution is 6.31. The molecule has 2 aromatic carbocycles. The lowest BCUT2D eigenvalue weighted by Crippen LogP contribution is -2.30. The van der Waals surface area contributed by atoms with E-state index in [4.69, 9.17) is 11.6 Å². The highest BCUT2D eigenvalue weighted by atomic mass is 35.5.